The molecule has 32 heavy (non-hydrogen) atoms. The summed E-state index contributed by atoms with van der Waals surface area (Å²) in [5.74, 6) is 0.465. The van der Waals surface area contributed by atoms with E-state index in [1.54, 1.807) is 0 Å². The van der Waals surface area contributed by atoms with Gasteiger partial charge in [-0.2, -0.15) is 0 Å². The first kappa shape index (κ1) is 23.5. The number of esters is 2. The van der Waals surface area contributed by atoms with E-state index in [9.17, 15) is 14.7 Å². The average molecular weight is 445 g/mol. The van der Waals surface area contributed by atoms with Gasteiger partial charge < -0.3 is 14.6 Å². The highest BCUT2D eigenvalue weighted by Crippen LogP contribution is 2.69. The van der Waals surface area contributed by atoms with Crippen LogP contribution in [0.3, 0.4) is 0 Å². The molecule has 5 nitrogen and oxygen atoms in total. The van der Waals surface area contributed by atoms with Crippen LogP contribution in [0, 0.1) is 34.0 Å². The minimum Gasteiger partial charge on any atom is -0.458 e. The highest BCUT2D eigenvalue weighted by Gasteiger charge is 2.61. The van der Waals surface area contributed by atoms with Crippen molar-refractivity contribution in [3.05, 3.63) is 23.8 Å². The quantitative estimate of drug-likeness (QED) is 0.469. The molecule has 5 heteroatoms. The van der Waals surface area contributed by atoms with Gasteiger partial charge in [0.1, 0.15) is 6.10 Å². The number of carbonyl (C=O) groups excluding carboxylic acids is 2. The summed E-state index contributed by atoms with van der Waals surface area (Å²) >= 11 is 0. The number of ether oxygens (including phenoxy) is 2. The molecule has 0 amide bonds. The Bertz CT molecular complexity index is 841. The molecule has 1 heterocycles. The maximum absolute atomic E-state index is 11.9. The second-order valence-electron chi connectivity index (χ2n) is 12.0. The van der Waals surface area contributed by atoms with Gasteiger partial charge in [-0.3, -0.25) is 4.79 Å². The Morgan fingerprint density at radius 1 is 1.19 bits per heavy atom. The fraction of sp³-hybridized carbons (Fsp3) is 0.778. The van der Waals surface area contributed by atoms with Crippen LogP contribution >= 0.6 is 0 Å². The Morgan fingerprint density at radius 3 is 2.53 bits per heavy atom. The van der Waals surface area contributed by atoms with Crippen molar-refractivity contribution in [1.82, 2.24) is 0 Å². The van der Waals surface area contributed by atoms with Gasteiger partial charge in [0.05, 0.1) is 0 Å². The van der Waals surface area contributed by atoms with Crippen LogP contribution in [-0.2, 0) is 19.1 Å². The molecule has 0 bridgehead atoms. The number of aliphatic hydroxyl groups is 1. The lowest BCUT2D eigenvalue weighted by Gasteiger charge is -2.66. The van der Waals surface area contributed by atoms with Gasteiger partial charge in [0, 0.05) is 18.6 Å². The van der Waals surface area contributed by atoms with Crippen LogP contribution in [0.1, 0.15) is 86.0 Å². The molecule has 7 atom stereocenters. The minimum atomic E-state index is -1.35. The van der Waals surface area contributed by atoms with Crippen LogP contribution in [0.25, 0.3) is 0 Å². The van der Waals surface area contributed by atoms with E-state index in [2.05, 4.69) is 34.3 Å². The summed E-state index contributed by atoms with van der Waals surface area (Å²) in [6.45, 7) is 15.7. The maximum Gasteiger partial charge on any atom is 0.333 e. The SMILES string of the molecule is C=C1CC[C@H]2[C@@](C)(CC[C@H]3C(C)(C)CCC[C@]23C)[C@@H]1C[C@@H](OC(C)=O)C1=CC(=O)OC1O. The first-order valence-corrected chi connectivity index (χ1v) is 12.3. The first-order chi connectivity index (χ1) is 14.9. The summed E-state index contributed by atoms with van der Waals surface area (Å²) in [5, 5.41) is 10.3. The lowest BCUT2D eigenvalue weighted by Crippen LogP contribution is -2.58. The second kappa shape index (κ2) is 8.00. The van der Waals surface area contributed by atoms with Gasteiger partial charge in [-0.1, -0.05) is 46.3 Å². The summed E-state index contributed by atoms with van der Waals surface area (Å²) in [6, 6.07) is 0. The molecule has 0 saturated heterocycles. The molecule has 3 saturated carbocycles. The Kier molecular flexibility index (Phi) is 5.89. The summed E-state index contributed by atoms with van der Waals surface area (Å²) in [6.07, 6.45) is 8.16. The molecule has 3 fully saturated rings. The molecule has 0 aromatic carbocycles. The van der Waals surface area contributed by atoms with Gasteiger partial charge in [0.25, 0.3) is 0 Å². The number of rotatable bonds is 4. The monoisotopic (exact) mass is 444 g/mol. The second-order valence-corrected chi connectivity index (χ2v) is 12.0. The highest BCUT2D eigenvalue weighted by atomic mass is 16.6. The van der Waals surface area contributed by atoms with E-state index < -0.39 is 24.3 Å². The molecule has 1 aliphatic heterocycles. The number of carbonyl (C=O) groups is 2. The molecule has 4 rings (SSSR count). The number of allylic oxidation sites excluding steroid dienone is 1. The lowest BCUT2D eigenvalue weighted by molar-refractivity contribution is -0.163. The molecule has 0 radical (unpaired) electrons. The van der Waals surface area contributed by atoms with Crippen molar-refractivity contribution in [1.29, 1.82) is 0 Å². The van der Waals surface area contributed by atoms with Crippen molar-refractivity contribution in [2.45, 2.75) is 98.4 Å². The summed E-state index contributed by atoms with van der Waals surface area (Å²) in [7, 11) is 0. The van der Waals surface area contributed by atoms with Crippen LogP contribution in [-0.4, -0.2) is 29.4 Å². The number of hydrogen-bond acceptors (Lipinski definition) is 5. The van der Waals surface area contributed by atoms with E-state index in [1.165, 1.54) is 50.7 Å². The maximum atomic E-state index is 11.9. The Morgan fingerprint density at radius 2 is 1.91 bits per heavy atom. The van der Waals surface area contributed by atoms with Crippen LogP contribution in [0.15, 0.2) is 23.8 Å². The largest absolute Gasteiger partial charge is 0.458 e. The van der Waals surface area contributed by atoms with Gasteiger partial charge in [-0.05, 0) is 78.9 Å². The zero-order valence-corrected chi connectivity index (χ0v) is 20.4. The zero-order chi connectivity index (χ0) is 23.5. The van der Waals surface area contributed by atoms with Gasteiger partial charge in [-0.25, -0.2) is 4.79 Å². The third-order valence-electron chi connectivity index (χ3n) is 9.81. The summed E-state index contributed by atoms with van der Waals surface area (Å²) in [5.41, 5.74) is 2.28. The molecule has 178 valence electrons. The molecule has 1 N–H and O–H groups in total. The van der Waals surface area contributed by atoms with E-state index in [-0.39, 0.29) is 11.3 Å². The topological polar surface area (TPSA) is 72.8 Å². The minimum absolute atomic E-state index is 0.0569. The molecular formula is C27H40O5. The Labute approximate surface area is 192 Å². The molecule has 0 aromatic rings. The van der Waals surface area contributed by atoms with Gasteiger partial charge >= 0.3 is 11.9 Å². The molecule has 0 spiro atoms. The molecule has 3 aliphatic carbocycles. The summed E-state index contributed by atoms with van der Waals surface area (Å²) in [4.78, 5) is 23.7. The third-order valence-corrected chi connectivity index (χ3v) is 9.81. The Hall–Kier alpha value is -1.62. The van der Waals surface area contributed by atoms with Crippen LogP contribution in [0.2, 0.25) is 0 Å². The van der Waals surface area contributed by atoms with Crippen molar-refractivity contribution in [3.8, 4) is 0 Å². The van der Waals surface area contributed by atoms with Crippen molar-refractivity contribution in [3.63, 3.8) is 0 Å². The van der Waals surface area contributed by atoms with E-state index in [0.717, 1.165) is 18.8 Å². The fourth-order valence-electron chi connectivity index (χ4n) is 8.51. The smallest absolute Gasteiger partial charge is 0.333 e. The average Bonchev–Trinajstić information content (AvgIpc) is 3.00. The van der Waals surface area contributed by atoms with Crippen LogP contribution in [0.5, 0.6) is 0 Å². The third kappa shape index (κ3) is 3.74. The number of hydrogen-bond donors (Lipinski definition) is 1. The number of aliphatic hydroxyl groups excluding tert-OH is 1. The van der Waals surface area contributed by atoms with E-state index in [0.29, 0.717) is 28.7 Å². The van der Waals surface area contributed by atoms with Crippen LogP contribution in [0.4, 0.5) is 0 Å². The molecular weight excluding hydrogens is 404 g/mol. The van der Waals surface area contributed by atoms with E-state index >= 15 is 0 Å². The van der Waals surface area contributed by atoms with Crippen molar-refractivity contribution in [2.24, 2.45) is 34.0 Å². The van der Waals surface area contributed by atoms with Crippen LogP contribution < -0.4 is 0 Å². The summed E-state index contributed by atoms with van der Waals surface area (Å²) < 4.78 is 10.6. The number of fused-ring (bicyclic) bond motifs is 3. The van der Waals surface area contributed by atoms with E-state index in [1.807, 2.05) is 0 Å². The lowest BCUT2D eigenvalue weighted by atomic mass is 9.39. The zero-order valence-electron chi connectivity index (χ0n) is 20.4. The Balaban J connectivity index is 1.67. The standard InChI is InChI=1S/C27H40O5/c1-16-8-9-22-26(5,13-10-21-25(3,4)11-7-12-27(21,22)6)19(16)15-20(31-17(2)28)18-14-23(29)32-24(18)30/h14,19-22,24,30H,1,7-13,15H2,2-6H3/t19-,20-,21+,22+,24?,26+,27+/m1/s1. The normalized spacial score (nSPS) is 41.8. The number of cyclic esters (lactones) is 1. The predicted molar refractivity (Wildman–Crippen MR) is 122 cm³/mol. The van der Waals surface area contributed by atoms with Crippen molar-refractivity contribution in [2.75, 3.05) is 0 Å². The molecule has 0 aromatic heterocycles. The van der Waals surface area contributed by atoms with Crippen molar-refractivity contribution >= 4 is 11.9 Å². The van der Waals surface area contributed by atoms with E-state index in [4.69, 9.17) is 9.47 Å². The van der Waals surface area contributed by atoms with Crippen molar-refractivity contribution < 1.29 is 24.2 Å². The fourth-order valence-corrected chi connectivity index (χ4v) is 8.51. The van der Waals surface area contributed by atoms with Gasteiger partial charge in [0.15, 0.2) is 0 Å². The predicted octanol–water partition coefficient (Wildman–Crippen LogP) is 5.32. The van der Waals surface area contributed by atoms with Gasteiger partial charge in [0.2, 0.25) is 6.29 Å². The van der Waals surface area contributed by atoms with Gasteiger partial charge in [-0.15, -0.1) is 0 Å². The molecule has 4 aliphatic rings. The first-order valence-electron chi connectivity index (χ1n) is 12.3. The highest BCUT2D eigenvalue weighted by molar-refractivity contribution is 5.86. The molecule has 1 unspecified atom stereocenters.